The second-order valence-electron chi connectivity index (χ2n) is 8.38. The van der Waals surface area contributed by atoms with Crippen molar-refractivity contribution in [2.75, 3.05) is 54.2 Å². The van der Waals surface area contributed by atoms with Gasteiger partial charge in [-0.15, -0.1) is 12.4 Å². The van der Waals surface area contributed by atoms with Gasteiger partial charge in [0, 0.05) is 19.6 Å². The quantitative estimate of drug-likeness (QED) is 0.553. The second kappa shape index (κ2) is 11.5. The van der Waals surface area contributed by atoms with Crippen LogP contribution in [0.5, 0.6) is 23.0 Å². The highest BCUT2D eigenvalue weighted by Gasteiger charge is 2.22. The molecule has 0 spiro atoms. The summed E-state index contributed by atoms with van der Waals surface area (Å²) < 4.78 is 21.7. The van der Waals surface area contributed by atoms with E-state index in [9.17, 15) is 4.79 Å². The van der Waals surface area contributed by atoms with Gasteiger partial charge in [0.25, 0.3) is 0 Å². The molecular weight excluding hydrogens is 444 g/mol. The molecule has 0 N–H and O–H groups in total. The van der Waals surface area contributed by atoms with Crippen molar-refractivity contribution in [1.82, 2.24) is 9.80 Å². The molecule has 2 aliphatic rings. The first-order chi connectivity index (χ1) is 15.6. The largest absolute Gasteiger partial charge is 0.493 e. The number of hydrogen-bond donors (Lipinski definition) is 0. The molecule has 0 unspecified atom stereocenters. The summed E-state index contributed by atoms with van der Waals surface area (Å²) in [4.78, 5) is 17.1. The molecule has 2 aromatic carbocycles. The lowest BCUT2D eigenvalue weighted by Gasteiger charge is -2.23. The Bertz CT molecular complexity index is 968. The number of benzene rings is 2. The SMILES string of the molecule is COc1cc2c(cc1OC)CC(=O)N(CCCN(C)CCc1ccc3c(c1)OCO3)CC2.Cl. The zero-order chi connectivity index (χ0) is 22.5. The molecule has 0 aromatic heterocycles. The van der Waals surface area contributed by atoms with Gasteiger partial charge in [-0.3, -0.25) is 4.79 Å². The summed E-state index contributed by atoms with van der Waals surface area (Å²) in [5, 5.41) is 0. The molecule has 2 aromatic rings. The first-order valence-electron chi connectivity index (χ1n) is 11.2. The smallest absolute Gasteiger partial charge is 0.231 e. The number of methoxy groups -OCH3 is 2. The van der Waals surface area contributed by atoms with Crippen molar-refractivity contribution in [3.8, 4) is 23.0 Å². The maximum Gasteiger partial charge on any atom is 0.231 e. The molecule has 1 amide bonds. The second-order valence-corrected chi connectivity index (χ2v) is 8.38. The number of carbonyl (C=O) groups excluding carboxylic acids is 1. The van der Waals surface area contributed by atoms with E-state index in [0.29, 0.717) is 19.0 Å². The molecule has 0 bridgehead atoms. The maximum atomic E-state index is 12.8. The summed E-state index contributed by atoms with van der Waals surface area (Å²) in [5.41, 5.74) is 3.45. The lowest BCUT2D eigenvalue weighted by atomic mass is 10.0. The molecule has 180 valence electrons. The van der Waals surface area contributed by atoms with E-state index in [4.69, 9.17) is 18.9 Å². The lowest BCUT2D eigenvalue weighted by molar-refractivity contribution is -0.130. The molecule has 0 fully saturated rings. The van der Waals surface area contributed by atoms with Gasteiger partial charge in [0.05, 0.1) is 20.6 Å². The minimum absolute atomic E-state index is 0. The van der Waals surface area contributed by atoms with Crippen molar-refractivity contribution in [3.63, 3.8) is 0 Å². The highest BCUT2D eigenvalue weighted by Crippen LogP contribution is 2.33. The molecule has 0 saturated carbocycles. The number of likely N-dealkylation sites (N-methyl/N-ethyl adjacent to an activating group) is 1. The first-order valence-corrected chi connectivity index (χ1v) is 11.2. The van der Waals surface area contributed by atoms with Crippen LogP contribution in [0.4, 0.5) is 0 Å². The van der Waals surface area contributed by atoms with Crippen LogP contribution >= 0.6 is 12.4 Å². The third-order valence-corrected chi connectivity index (χ3v) is 6.24. The topological polar surface area (TPSA) is 60.5 Å². The first kappa shape index (κ1) is 25.0. The molecule has 8 heteroatoms. The summed E-state index contributed by atoms with van der Waals surface area (Å²) in [6, 6.07) is 10.1. The zero-order valence-electron chi connectivity index (χ0n) is 19.6. The van der Waals surface area contributed by atoms with Gasteiger partial charge >= 0.3 is 0 Å². The average Bonchev–Trinajstić information content (AvgIpc) is 3.21. The van der Waals surface area contributed by atoms with E-state index in [1.165, 1.54) is 11.1 Å². The Morgan fingerprint density at radius 2 is 1.73 bits per heavy atom. The van der Waals surface area contributed by atoms with Gasteiger partial charge in [-0.05, 0) is 73.8 Å². The van der Waals surface area contributed by atoms with Crippen molar-refractivity contribution < 1.29 is 23.7 Å². The van der Waals surface area contributed by atoms with Crippen LogP contribution in [0.15, 0.2) is 30.3 Å². The fourth-order valence-electron chi connectivity index (χ4n) is 4.31. The number of carbonyl (C=O) groups is 1. The van der Waals surface area contributed by atoms with E-state index in [-0.39, 0.29) is 18.3 Å². The van der Waals surface area contributed by atoms with E-state index in [1.54, 1.807) is 14.2 Å². The van der Waals surface area contributed by atoms with Gasteiger partial charge in [0.1, 0.15) is 0 Å². The number of fused-ring (bicyclic) bond motifs is 2. The summed E-state index contributed by atoms with van der Waals surface area (Å²) in [5.74, 6) is 3.23. The Morgan fingerprint density at radius 3 is 2.48 bits per heavy atom. The average molecular weight is 477 g/mol. The van der Waals surface area contributed by atoms with Crippen molar-refractivity contribution in [2.45, 2.75) is 25.7 Å². The highest BCUT2D eigenvalue weighted by molar-refractivity contribution is 5.85. The molecule has 2 heterocycles. The molecule has 0 aliphatic carbocycles. The monoisotopic (exact) mass is 476 g/mol. The summed E-state index contributed by atoms with van der Waals surface area (Å²) in [6.45, 7) is 3.72. The Balaban J connectivity index is 0.00000306. The minimum atomic E-state index is 0. The van der Waals surface area contributed by atoms with Crippen LogP contribution in [-0.2, 0) is 24.1 Å². The lowest BCUT2D eigenvalue weighted by Crippen LogP contribution is -2.35. The summed E-state index contributed by atoms with van der Waals surface area (Å²) >= 11 is 0. The van der Waals surface area contributed by atoms with Crippen molar-refractivity contribution in [1.29, 1.82) is 0 Å². The van der Waals surface area contributed by atoms with Crippen LogP contribution in [-0.4, -0.2) is 69.9 Å². The van der Waals surface area contributed by atoms with E-state index < -0.39 is 0 Å². The van der Waals surface area contributed by atoms with Crippen LogP contribution in [0.3, 0.4) is 0 Å². The number of halogens is 1. The molecule has 7 nitrogen and oxygen atoms in total. The Labute approximate surface area is 202 Å². The van der Waals surface area contributed by atoms with E-state index in [0.717, 1.165) is 68.3 Å². The van der Waals surface area contributed by atoms with Gasteiger partial charge in [0.15, 0.2) is 23.0 Å². The van der Waals surface area contributed by atoms with Gasteiger partial charge in [0.2, 0.25) is 12.7 Å². The maximum absolute atomic E-state index is 12.8. The number of rotatable bonds is 9. The predicted molar refractivity (Wildman–Crippen MR) is 129 cm³/mol. The van der Waals surface area contributed by atoms with Gasteiger partial charge in [-0.1, -0.05) is 6.07 Å². The van der Waals surface area contributed by atoms with Crippen molar-refractivity contribution in [3.05, 3.63) is 47.0 Å². The minimum Gasteiger partial charge on any atom is -0.493 e. The van der Waals surface area contributed by atoms with E-state index in [2.05, 4.69) is 24.1 Å². The predicted octanol–water partition coefficient (Wildman–Crippen LogP) is 3.35. The molecule has 0 radical (unpaired) electrons. The molecule has 2 aliphatic heterocycles. The van der Waals surface area contributed by atoms with Gasteiger partial charge < -0.3 is 28.7 Å². The number of hydrogen-bond acceptors (Lipinski definition) is 6. The van der Waals surface area contributed by atoms with Crippen LogP contribution in [0.2, 0.25) is 0 Å². The van der Waals surface area contributed by atoms with Gasteiger partial charge in [-0.25, -0.2) is 0 Å². The van der Waals surface area contributed by atoms with E-state index >= 15 is 0 Å². The third kappa shape index (κ3) is 6.03. The van der Waals surface area contributed by atoms with Gasteiger partial charge in [-0.2, -0.15) is 0 Å². The fourth-order valence-corrected chi connectivity index (χ4v) is 4.31. The Kier molecular flexibility index (Phi) is 8.69. The third-order valence-electron chi connectivity index (χ3n) is 6.24. The van der Waals surface area contributed by atoms with Crippen LogP contribution in [0.25, 0.3) is 0 Å². The van der Waals surface area contributed by atoms with E-state index in [1.807, 2.05) is 23.1 Å². The van der Waals surface area contributed by atoms with Crippen molar-refractivity contribution >= 4 is 18.3 Å². The number of nitrogens with zero attached hydrogens (tertiary/aromatic N) is 2. The molecule has 0 saturated heterocycles. The normalized spacial score (nSPS) is 14.5. The molecule has 0 atom stereocenters. The zero-order valence-corrected chi connectivity index (χ0v) is 20.4. The molecule has 4 rings (SSSR count). The Morgan fingerprint density at radius 1 is 1.00 bits per heavy atom. The van der Waals surface area contributed by atoms with Crippen molar-refractivity contribution in [2.24, 2.45) is 0 Å². The summed E-state index contributed by atoms with van der Waals surface area (Å²) in [7, 11) is 5.39. The Hall–Kier alpha value is -2.64. The highest BCUT2D eigenvalue weighted by atomic mass is 35.5. The van der Waals surface area contributed by atoms with Crippen LogP contribution < -0.4 is 18.9 Å². The summed E-state index contributed by atoms with van der Waals surface area (Å²) in [6.07, 6.45) is 3.15. The van der Waals surface area contributed by atoms with Crippen LogP contribution in [0, 0.1) is 0 Å². The number of ether oxygens (including phenoxy) is 4. The fraction of sp³-hybridized carbons (Fsp3) is 0.480. The molecular formula is C25H33ClN2O5. The molecule has 33 heavy (non-hydrogen) atoms. The standard InChI is InChI=1S/C25H32N2O5.ClH/c1-26(11-7-18-5-6-21-24(13-18)32-17-31-21)9-4-10-27-12-8-19-14-22(29-2)23(30-3)15-20(19)16-25(27)28;/h5-6,13-15H,4,7-12,16-17H2,1-3H3;1H. The number of amides is 1. The van der Waals surface area contributed by atoms with Crippen LogP contribution in [0.1, 0.15) is 23.1 Å².